The summed E-state index contributed by atoms with van der Waals surface area (Å²) in [5, 5.41) is 0. The highest BCUT2D eigenvalue weighted by molar-refractivity contribution is 14.1. The van der Waals surface area contributed by atoms with Gasteiger partial charge in [0.15, 0.2) is 0 Å². The van der Waals surface area contributed by atoms with Crippen molar-refractivity contribution in [3.8, 4) is 0 Å². The summed E-state index contributed by atoms with van der Waals surface area (Å²) in [5.41, 5.74) is 4.43. The third kappa shape index (κ3) is 4.11. The average molecular weight is 421 g/mol. The molecule has 0 bridgehead atoms. The zero-order valence-electron chi connectivity index (χ0n) is 13.5. The third-order valence-electron chi connectivity index (χ3n) is 3.66. The van der Waals surface area contributed by atoms with Crippen LogP contribution in [0.25, 0.3) is 0 Å². The smallest absolute Gasteiger partial charge is 0.405 e. The highest BCUT2D eigenvalue weighted by atomic mass is 127. The third-order valence-corrected chi connectivity index (χ3v) is 4.60. The van der Waals surface area contributed by atoms with Crippen molar-refractivity contribution < 1.29 is 19.0 Å². The Morgan fingerprint density at radius 1 is 1.32 bits per heavy atom. The molecule has 124 valence electrons. The largest absolute Gasteiger partial charge is 0.440 e. The van der Waals surface area contributed by atoms with E-state index in [2.05, 4.69) is 29.5 Å². The number of primary amides is 1. The van der Waals surface area contributed by atoms with E-state index in [1.165, 1.54) is 0 Å². The van der Waals surface area contributed by atoms with E-state index in [-0.39, 0.29) is 6.79 Å². The van der Waals surface area contributed by atoms with Gasteiger partial charge < -0.3 is 19.9 Å². The number of methoxy groups -OCH3 is 1. The van der Waals surface area contributed by atoms with Crippen molar-refractivity contribution in [2.45, 2.75) is 44.8 Å². The summed E-state index contributed by atoms with van der Waals surface area (Å²) < 4.78 is 17.7. The monoisotopic (exact) mass is 421 g/mol. The molecule has 1 atom stereocenters. The molecule has 1 aromatic rings. The SMILES string of the molecule is CCC[C@](OCOC)(c1ccccc1I)C(C)(C)OC(N)=O. The van der Waals surface area contributed by atoms with Gasteiger partial charge >= 0.3 is 6.09 Å². The number of carbonyl (C=O) groups excluding carboxylic acids is 1. The van der Waals surface area contributed by atoms with Gasteiger partial charge in [-0.25, -0.2) is 4.79 Å². The van der Waals surface area contributed by atoms with Gasteiger partial charge in [0, 0.05) is 16.2 Å². The maximum atomic E-state index is 11.4. The Morgan fingerprint density at radius 3 is 2.45 bits per heavy atom. The summed E-state index contributed by atoms with van der Waals surface area (Å²) in [5.74, 6) is 0. The normalized spacial score (nSPS) is 14.4. The van der Waals surface area contributed by atoms with E-state index < -0.39 is 17.3 Å². The molecule has 0 radical (unpaired) electrons. The molecule has 1 rings (SSSR count). The Balaban J connectivity index is 3.46. The van der Waals surface area contributed by atoms with Crippen molar-refractivity contribution in [1.29, 1.82) is 0 Å². The summed E-state index contributed by atoms with van der Waals surface area (Å²) in [6.07, 6.45) is 0.689. The number of rotatable bonds is 8. The van der Waals surface area contributed by atoms with Crippen LogP contribution in [-0.4, -0.2) is 25.6 Å². The van der Waals surface area contributed by atoms with Gasteiger partial charge in [0.2, 0.25) is 0 Å². The highest BCUT2D eigenvalue weighted by Crippen LogP contribution is 2.44. The number of carbonyl (C=O) groups is 1. The van der Waals surface area contributed by atoms with Gasteiger partial charge in [-0.2, -0.15) is 0 Å². The molecule has 0 spiro atoms. The molecule has 0 fully saturated rings. The fourth-order valence-electron chi connectivity index (χ4n) is 2.72. The van der Waals surface area contributed by atoms with Crippen LogP contribution in [0.2, 0.25) is 0 Å². The number of ether oxygens (including phenoxy) is 3. The maximum absolute atomic E-state index is 11.4. The standard InChI is InChI=1S/C16H24INO4/c1-5-10-16(21-11-20-4,15(2,3)22-14(18)19)12-8-6-7-9-13(12)17/h6-9H,5,10-11H2,1-4H3,(H2,18,19)/t16-/m0/s1. The van der Waals surface area contributed by atoms with Gasteiger partial charge in [-0.3, -0.25) is 0 Å². The van der Waals surface area contributed by atoms with Gasteiger partial charge in [0.1, 0.15) is 18.0 Å². The molecule has 0 unspecified atom stereocenters. The molecule has 0 aliphatic rings. The Bertz CT molecular complexity index is 507. The first-order valence-electron chi connectivity index (χ1n) is 7.17. The first-order chi connectivity index (χ1) is 10.3. The minimum atomic E-state index is -0.950. The van der Waals surface area contributed by atoms with Crippen LogP contribution in [0.1, 0.15) is 39.2 Å². The lowest BCUT2D eigenvalue weighted by Gasteiger charge is -2.45. The van der Waals surface area contributed by atoms with E-state index >= 15 is 0 Å². The molecule has 0 aliphatic carbocycles. The number of hydrogen-bond donors (Lipinski definition) is 1. The van der Waals surface area contributed by atoms with Gasteiger partial charge in [0.05, 0.1) is 0 Å². The molecular formula is C16H24INO4. The van der Waals surface area contributed by atoms with E-state index in [1.807, 2.05) is 38.1 Å². The predicted octanol–water partition coefficient (Wildman–Crippen LogP) is 3.78. The van der Waals surface area contributed by atoms with Gasteiger partial charge in [-0.05, 0) is 48.9 Å². The van der Waals surface area contributed by atoms with E-state index in [1.54, 1.807) is 7.11 Å². The number of hydrogen-bond acceptors (Lipinski definition) is 4. The lowest BCUT2D eigenvalue weighted by atomic mass is 9.76. The van der Waals surface area contributed by atoms with Gasteiger partial charge in [0.25, 0.3) is 0 Å². The minimum absolute atomic E-state index is 0.0938. The van der Waals surface area contributed by atoms with Gasteiger partial charge in [-0.1, -0.05) is 31.5 Å². The second-order valence-electron chi connectivity index (χ2n) is 5.54. The van der Waals surface area contributed by atoms with Crippen molar-refractivity contribution in [2.75, 3.05) is 13.9 Å². The first kappa shape index (κ1) is 19.2. The van der Waals surface area contributed by atoms with Crippen LogP contribution >= 0.6 is 22.6 Å². The van der Waals surface area contributed by atoms with Gasteiger partial charge in [-0.15, -0.1) is 0 Å². The maximum Gasteiger partial charge on any atom is 0.405 e. The molecule has 2 N–H and O–H groups in total. The Kier molecular flexibility index (Phi) is 7.08. The van der Waals surface area contributed by atoms with Crippen LogP contribution < -0.4 is 5.73 Å². The molecule has 6 heteroatoms. The lowest BCUT2D eigenvalue weighted by molar-refractivity contribution is -0.218. The fraction of sp³-hybridized carbons (Fsp3) is 0.562. The van der Waals surface area contributed by atoms with Crippen LogP contribution in [0.3, 0.4) is 0 Å². The summed E-state index contributed by atoms with van der Waals surface area (Å²) in [7, 11) is 1.56. The van der Waals surface area contributed by atoms with Crippen LogP contribution in [-0.2, 0) is 19.8 Å². The van der Waals surface area contributed by atoms with E-state index in [4.69, 9.17) is 19.9 Å². The Hall–Kier alpha value is -0.860. The average Bonchev–Trinajstić information content (AvgIpc) is 2.42. The fourth-order valence-corrected chi connectivity index (χ4v) is 3.54. The Morgan fingerprint density at radius 2 is 1.95 bits per heavy atom. The molecular weight excluding hydrogens is 397 g/mol. The molecule has 0 aliphatic heterocycles. The predicted molar refractivity (Wildman–Crippen MR) is 93.5 cm³/mol. The van der Waals surface area contributed by atoms with Crippen molar-refractivity contribution in [3.63, 3.8) is 0 Å². The van der Waals surface area contributed by atoms with Crippen molar-refractivity contribution in [3.05, 3.63) is 33.4 Å². The van der Waals surface area contributed by atoms with Crippen molar-refractivity contribution >= 4 is 28.7 Å². The molecule has 0 heterocycles. The minimum Gasteiger partial charge on any atom is -0.440 e. The summed E-state index contributed by atoms with van der Waals surface area (Å²) in [6, 6.07) is 7.88. The quantitative estimate of drug-likeness (QED) is 0.513. The number of benzene rings is 1. The molecule has 0 aromatic heterocycles. The molecule has 0 saturated carbocycles. The molecule has 1 amide bonds. The molecule has 0 saturated heterocycles. The first-order valence-corrected chi connectivity index (χ1v) is 8.25. The van der Waals surface area contributed by atoms with E-state index in [0.29, 0.717) is 6.42 Å². The van der Waals surface area contributed by atoms with Crippen LogP contribution in [0, 0.1) is 3.57 Å². The van der Waals surface area contributed by atoms with Crippen molar-refractivity contribution in [2.24, 2.45) is 5.73 Å². The van der Waals surface area contributed by atoms with Crippen LogP contribution in [0.15, 0.2) is 24.3 Å². The molecule has 22 heavy (non-hydrogen) atoms. The van der Waals surface area contributed by atoms with Crippen LogP contribution in [0.5, 0.6) is 0 Å². The second kappa shape index (κ2) is 8.12. The number of halogens is 1. The zero-order chi connectivity index (χ0) is 16.8. The zero-order valence-corrected chi connectivity index (χ0v) is 15.7. The summed E-state index contributed by atoms with van der Waals surface area (Å²) in [4.78, 5) is 11.4. The summed E-state index contributed by atoms with van der Waals surface area (Å²) in [6.45, 7) is 5.77. The highest BCUT2D eigenvalue weighted by Gasteiger charge is 2.50. The molecule has 1 aromatic carbocycles. The lowest BCUT2D eigenvalue weighted by Crippen LogP contribution is -2.53. The van der Waals surface area contributed by atoms with Crippen molar-refractivity contribution in [1.82, 2.24) is 0 Å². The van der Waals surface area contributed by atoms with Crippen LogP contribution in [0.4, 0.5) is 4.79 Å². The number of nitrogens with two attached hydrogens (primary N) is 1. The van der Waals surface area contributed by atoms with E-state index in [9.17, 15) is 4.79 Å². The Labute approximate surface area is 145 Å². The topological polar surface area (TPSA) is 70.8 Å². The number of amides is 1. The molecule has 5 nitrogen and oxygen atoms in total. The second-order valence-corrected chi connectivity index (χ2v) is 6.70. The van der Waals surface area contributed by atoms with E-state index in [0.717, 1.165) is 15.6 Å². The summed E-state index contributed by atoms with van der Waals surface area (Å²) >= 11 is 2.26.